The van der Waals surface area contributed by atoms with Gasteiger partial charge in [0, 0.05) is 43.5 Å². The van der Waals surface area contributed by atoms with Crippen molar-refractivity contribution < 1.29 is 14.3 Å². The molecule has 0 saturated carbocycles. The van der Waals surface area contributed by atoms with Crippen molar-refractivity contribution in [3.05, 3.63) is 28.5 Å². The van der Waals surface area contributed by atoms with Gasteiger partial charge in [0.25, 0.3) is 11.8 Å². The van der Waals surface area contributed by atoms with E-state index in [4.69, 9.17) is 4.74 Å². The minimum Gasteiger partial charge on any atom is -0.371 e. The van der Waals surface area contributed by atoms with Gasteiger partial charge in [-0.1, -0.05) is 6.92 Å². The number of anilines is 1. The van der Waals surface area contributed by atoms with E-state index >= 15 is 0 Å². The highest BCUT2D eigenvalue weighted by Gasteiger charge is 2.38. The summed E-state index contributed by atoms with van der Waals surface area (Å²) in [4.78, 5) is 40.9. The zero-order valence-corrected chi connectivity index (χ0v) is 21.9. The van der Waals surface area contributed by atoms with Gasteiger partial charge in [-0.3, -0.25) is 9.59 Å². The summed E-state index contributed by atoms with van der Waals surface area (Å²) in [7, 11) is 0. The maximum atomic E-state index is 13.6. The summed E-state index contributed by atoms with van der Waals surface area (Å²) in [6.45, 7) is 10.3. The largest absolute Gasteiger partial charge is 0.371 e. The molecule has 3 aliphatic heterocycles. The minimum atomic E-state index is -0.106. The number of hydrogen-bond donors (Lipinski definition) is 1. The molecule has 2 unspecified atom stereocenters. The number of thiazole rings is 1. The number of likely N-dealkylation sites (tertiary alicyclic amines) is 2. The summed E-state index contributed by atoms with van der Waals surface area (Å²) in [5, 5.41) is 3.78. The molecule has 0 radical (unpaired) electrons. The fourth-order valence-electron chi connectivity index (χ4n) is 5.25. The Morgan fingerprint density at radius 3 is 2.60 bits per heavy atom. The Morgan fingerprint density at radius 2 is 1.97 bits per heavy atom. The smallest absolute Gasteiger partial charge is 0.283 e. The molecule has 0 aromatic carbocycles. The summed E-state index contributed by atoms with van der Waals surface area (Å²) < 4.78 is 5.91. The molecule has 9 heteroatoms. The van der Waals surface area contributed by atoms with Crippen LogP contribution in [-0.2, 0) is 4.74 Å². The molecule has 0 aliphatic carbocycles. The molecule has 5 heterocycles. The molecule has 8 nitrogen and oxygen atoms in total. The average molecular weight is 498 g/mol. The minimum absolute atomic E-state index is 0.0939. The average Bonchev–Trinajstić information content (AvgIpc) is 3.56. The quantitative estimate of drug-likeness (QED) is 0.638. The van der Waals surface area contributed by atoms with E-state index in [1.54, 1.807) is 6.20 Å². The lowest BCUT2D eigenvalue weighted by atomic mass is 10.1. The third-order valence-electron chi connectivity index (χ3n) is 7.52. The van der Waals surface area contributed by atoms with Crippen molar-refractivity contribution in [3.8, 4) is 10.4 Å². The Balaban J connectivity index is 1.50. The zero-order valence-electron chi connectivity index (χ0n) is 21.0. The van der Waals surface area contributed by atoms with Crippen molar-refractivity contribution in [2.24, 2.45) is 0 Å². The molecule has 3 fully saturated rings. The number of nitrogens with one attached hydrogen (secondary N) is 1. The number of rotatable bonds is 6. The lowest BCUT2D eigenvalue weighted by Crippen LogP contribution is -2.45. The molecule has 188 valence electrons. The number of amides is 2. The van der Waals surface area contributed by atoms with E-state index in [-0.39, 0.29) is 30.1 Å². The van der Waals surface area contributed by atoms with Crippen LogP contribution in [0.4, 0.5) is 5.82 Å². The number of pyridine rings is 1. The SMILES string of the molecule is CC[C@@H](C)Nc1cc(C)c(-c2sc(C(=O)N3CC4CCC(C3)O4)nc2C(=O)N2CCC[C@@H]2C)cn1. The van der Waals surface area contributed by atoms with Crippen molar-refractivity contribution in [2.75, 3.05) is 25.0 Å². The van der Waals surface area contributed by atoms with Gasteiger partial charge in [0.05, 0.1) is 17.1 Å². The van der Waals surface area contributed by atoms with E-state index in [2.05, 4.69) is 36.1 Å². The van der Waals surface area contributed by atoms with Crippen LogP contribution in [0.15, 0.2) is 12.3 Å². The third-order valence-corrected chi connectivity index (χ3v) is 8.60. The van der Waals surface area contributed by atoms with Gasteiger partial charge >= 0.3 is 0 Å². The fourth-order valence-corrected chi connectivity index (χ4v) is 6.35. The van der Waals surface area contributed by atoms with Crippen LogP contribution < -0.4 is 5.32 Å². The van der Waals surface area contributed by atoms with Crippen LogP contribution in [0.25, 0.3) is 10.4 Å². The topological polar surface area (TPSA) is 87.7 Å². The van der Waals surface area contributed by atoms with Crippen LogP contribution in [0.5, 0.6) is 0 Å². The van der Waals surface area contributed by atoms with Gasteiger partial charge in [0.1, 0.15) is 11.5 Å². The van der Waals surface area contributed by atoms with E-state index < -0.39 is 0 Å². The summed E-state index contributed by atoms with van der Waals surface area (Å²) in [6.07, 6.45) is 7.00. The van der Waals surface area contributed by atoms with Crippen LogP contribution in [-0.4, -0.2) is 75.5 Å². The van der Waals surface area contributed by atoms with E-state index in [0.29, 0.717) is 29.8 Å². The van der Waals surface area contributed by atoms with Gasteiger partial charge < -0.3 is 19.9 Å². The van der Waals surface area contributed by atoms with E-state index in [9.17, 15) is 9.59 Å². The van der Waals surface area contributed by atoms with Crippen molar-refractivity contribution in [2.45, 2.75) is 84.1 Å². The molecule has 1 N–H and O–H groups in total. The Kier molecular flexibility index (Phi) is 6.81. The normalized spacial score (nSPS) is 24.6. The van der Waals surface area contributed by atoms with Gasteiger partial charge in [-0.05, 0) is 64.5 Å². The molecule has 4 atom stereocenters. The molecule has 3 saturated heterocycles. The Labute approximate surface area is 211 Å². The first-order valence-corrected chi connectivity index (χ1v) is 13.7. The van der Waals surface area contributed by atoms with Gasteiger partial charge in [-0.25, -0.2) is 9.97 Å². The predicted octanol–water partition coefficient (Wildman–Crippen LogP) is 4.35. The third kappa shape index (κ3) is 4.80. The number of hydrogen-bond acceptors (Lipinski definition) is 7. The molecule has 0 spiro atoms. The van der Waals surface area contributed by atoms with E-state index in [0.717, 1.165) is 60.5 Å². The molecular weight excluding hydrogens is 462 g/mol. The maximum Gasteiger partial charge on any atom is 0.283 e. The van der Waals surface area contributed by atoms with E-state index in [1.807, 2.05) is 22.8 Å². The Bertz CT molecular complexity index is 1110. The molecule has 5 rings (SSSR count). The monoisotopic (exact) mass is 497 g/mol. The Hall–Kier alpha value is -2.52. The number of ether oxygens (including phenoxy) is 1. The number of carbonyl (C=O) groups is 2. The van der Waals surface area contributed by atoms with Gasteiger partial charge in [0.2, 0.25) is 0 Å². The lowest BCUT2D eigenvalue weighted by Gasteiger charge is -2.31. The number of aromatic nitrogens is 2. The first-order valence-electron chi connectivity index (χ1n) is 12.8. The maximum absolute atomic E-state index is 13.6. The number of nitrogens with zero attached hydrogens (tertiary/aromatic N) is 4. The van der Waals surface area contributed by atoms with Crippen molar-refractivity contribution in [1.82, 2.24) is 19.8 Å². The van der Waals surface area contributed by atoms with Crippen LogP contribution in [0, 0.1) is 6.92 Å². The van der Waals surface area contributed by atoms with Crippen LogP contribution in [0.1, 0.15) is 78.7 Å². The van der Waals surface area contributed by atoms with Crippen LogP contribution in [0.3, 0.4) is 0 Å². The predicted molar refractivity (Wildman–Crippen MR) is 137 cm³/mol. The molecule has 2 aromatic rings. The second-order valence-electron chi connectivity index (χ2n) is 10.2. The number of fused-ring (bicyclic) bond motifs is 2. The zero-order chi connectivity index (χ0) is 24.7. The van der Waals surface area contributed by atoms with E-state index in [1.165, 1.54) is 11.3 Å². The van der Waals surface area contributed by atoms with Gasteiger partial charge in [0.15, 0.2) is 5.01 Å². The van der Waals surface area contributed by atoms with Crippen molar-refractivity contribution in [1.29, 1.82) is 0 Å². The first-order chi connectivity index (χ1) is 16.8. The summed E-state index contributed by atoms with van der Waals surface area (Å²) in [5.41, 5.74) is 2.23. The number of carbonyl (C=O) groups excluding carboxylic acids is 2. The Morgan fingerprint density at radius 1 is 1.23 bits per heavy atom. The van der Waals surface area contributed by atoms with Crippen molar-refractivity contribution >= 4 is 29.0 Å². The molecule has 2 aromatic heterocycles. The molecule has 2 bridgehead atoms. The summed E-state index contributed by atoms with van der Waals surface area (Å²) >= 11 is 1.31. The van der Waals surface area contributed by atoms with Gasteiger partial charge in [-0.2, -0.15) is 0 Å². The van der Waals surface area contributed by atoms with Crippen molar-refractivity contribution in [3.63, 3.8) is 0 Å². The van der Waals surface area contributed by atoms with Gasteiger partial charge in [-0.15, -0.1) is 11.3 Å². The van der Waals surface area contributed by atoms with Crippen LogP contribution >= 0.6 is 11.3 Å². The first kappa shape index (κ1) is 24.2. The second kappa shape index (κ2) is 9.85. The molecule has 2 amide bonds. The highest BCUT2D eigenvalue weighted by Crippen LogP contribution is 2.36. The summed E-state index contributed by atoms with van der Waals surface area (Å²) in [5.74, 6) is 0.612. The molecule has 3 aliphatic rings. The fraction of sp³-hybridized carbons (Fsp3) is 0.615. The lowest BCUT2D eigenvalue weighted by molar-refractivity contribution is -0.0303. The molecular formula is C26H35N5O3S. The summed E-state index contributed by atoms with van der Waals surface area (Å²) in [6, 6.07) is 2.50. The standard InChI is InChI=1S/C26H35N5O3S/c1-5-16(3)28-21-11-15(2)20(12-27-21)23-22(25(32)31-10-6-7-17(31)4)29-24(35-23)26(33)30-13-18-8-9-19(14-30)34-18/h11-12,16-19H,5-10,13-14H2,1-4H3,(H,27,28)/t16-,17+,18?,19?/m1/s1. The highest BCUT2D eigenvalue weighted by molar-refractivity contribution is 7.17. The number of aryl methyl sites for hydroxylation is 1. The number of morpholine rings is 1. The van der Waals surface area contributed by atoms with Crippen LogP contribution in [0.2, 0.25) is 0 Å². The highest BCUT2D eigenvalue weighted by atomic mass is 32.1. The molecule has 35 heavy (non-hydrogen) atoms. The second-order valence-corrected chi connectivity index (χ2v) is 11.2.